The van der Waals surface area contributed by atoms with Gasteiger partial charge < -0.3 is 20.2 Å². The third-order valence-corrected chi connectivity index (χ3v) is 4.07. The van der Waals surface area contributed by atoms with Gasteiger partial charge in [-0.25, -0.2) is 10.2 Å². The fraction of sp³-hybridized carbons (Fsp3) is 0.300. The highest BCUT2D eigenvalue weighted by Crippen LogP contribution is 2.35. The van der Waals surface area contributed by atoms with Crippen LogP contribution in [0.25, 0.3) is 5.70 Å². The average molecular weight is 359 g/mol. The molecule has 0 heterocycles. The van der Waals surface area contributed by atoms with Gasteiger partial charge in [0.1, 0.15) is 17.3 Å². The van der Waals surface area contributed by atoms with Crippen molar-refractivity contribution >= 4 is 5.70 Å². The summed E-state index contributed by atoms with van der Waals surface area (Å²) in [4.78, 5) is 0. The number of ether oxygens (including phenoxy) is 2. The van der Waals surface area contributed by atoms with Gasteiger partial charge >= 0.3 is 0 Å². The molecule has 2 aromatic carbocycles. The zero-order chi connectivity index (χ0) is 19.3. The number of hydrogen-bond donors (Lipinski definition) is 2. The van der Waals surface area contributed by atoms with Gasteiger partial charge in [-0.05, 0) is 35.2 Å². The van der Waals surface area contributed by atoms with Crippen molar-refractivity contribution in [3.05, 3.63) is 65.1 Å². The fourth-order valence-corrected chi connectivity index (χ4v) is 2.69. The number of nitrogens with zero attached hydrogens (tertiary/aromatic N) is 1. The van der Waals surface area contributed by atoms with Crippen LogP contribution in [0.4, 0.5) is 4.39 Å². The number of nitrogens with two attached hydrogens (primary N) is 2. The highest BCUT2D eigenvalue weighted by Gasteiger charge is 2.15. The number of methoxy groups -OCH3 is 2. The maximum Gasteiger partial charge on any atom is 0.131 e. The van der Waals surface area contributed by atoms with Crippen LogP contribution in [-0.4, -0.2) is 19.2 Å². The van der Waals surface area contributed by atoms with Crippen LogP contribution in [0.15, 0.2) is 42.6 Å². The largest absolute Gasteiger partial charge is 0.496 e. The molecule has 0 fully saturated rings. The smallest absolute Gasteiger partial charge is 0.131 e. The number of halogens is 1. The summed E-state index contributed by atoms with van der Waals surface area (Å²) in [6.07, 6.45) is 1.64. The molecule has 0 amide bonds. The molecule has 0 bridgehead atoms. The minimum absolute atomic E-state index is 0.260. The Morgan fingerprint density at radius 1 is 1.12 bits per heavy atom. The Labute approximate surface area is 154 Å². The van der Waals surface area contributed by atoms with Gasteiger partial charge in [-0.3, -0.25) is 0 Å². The van der Waals surface area contributed by atoms with E-state index in [2.05, 4.69) is 13.8 Å². The molecule has 5 nitrogen and oxygen atoms in total. The van der Waals surface area contributed by atoms with E-state index in [-0.39, 0.29) is 11.7 Å². The molecule has 0 saturated heterocycles. The Bertz CT molecular complexity index is 773. The van der Waals surface area contributed by atoms with Crippen LogP contribution < -0.4 is 21.1 Å². The first kappa shape index (κ1) is 19.6. The van der Waals surface area contributed by atoms with E-state index in [1.165, 1.54) is 17.1 Å². The second-order valence-electron chi connectivity index (χ2n) is 6.33. The zero-order valence-electron chi connectivity index (χ0n) is 15.6. The van der Waals surface area contributed by atoms with Crippen LogP contribution in [0, 0.1) is 5.82 Å². The van der Waals surface area contributed by atoms with Crippen LogP contribution in [0.5, 0.6) is 11.5 Å². The number of benzene rings is 2. The van der Waals surface area contributed by atoms with Gasteiger partial charge in [0.25, 0.3) is 0 Å². The quantitative estimate of drug-likeness (QED) is 0.584. The van der Waals surface area contributed by atoms with E-state index in [1.54, 1.807) is 32.6 Å². The molecule has 0 unspecified atom stereocenters. The molecule has 0 atom stereocenters. The number of hydrazine groups is 1. The predicted molar refractivity (Wildman–Crippen MR) is 102 cm³/mol. The lowest BCUT2D eigenvalue weighted by atomic mass is 9.97. The molecule has 0 spiro atoms. The average Bonchev–Trinajstić information content (AvgIpc) is 2.62. The molecular weight excluding hydrogens is 333 g/mol. The van der Waals surface area contributed by atoms with Gasteiger partial charge in [-0.1, -0.05) is 26.0 Å². The number of hydrogen-bond acceptors (Lipinski definition) is 5. The summed E-state index contributed by atoms with van der Waals surface area (Å²) in [6, 6.07) is 9.95. The molecule has 0 aliphatic rings. The minimum atomic E-state index is -0.281. The first-order valence-corrected chi connectivity index (χ1v) is 8.35. The summed E-state index contributed by atoms with van der Waals surface area (Å²) >= 11 is 0. The van der Waals surface area contributed by atoms with Crippen molar-refractivity contribution < 1.29 is 13.9 Å². The van der Waals surface area contributed by atoms with Crippen molar-refractivity contribution in [3.8, 4) is 11.5 Å². The number of rotatable bonds is 7. The van der Waals surface area contributed by atoms with Gasteiger partial charge in [0.05, 0.1) is 26.5 Å². The summed E-state index contributed by atoms with van der Waals surface area (Å²) < 4.78 is 23.9. The predicted octanol–water partition coefficient (Wildman–Crippen LogP) is 3.60. The SMILES string of the molecule is COc1cc(OC)c(C(C)C)cc1/C(N)=C/N(N)Cc1ccc(F)cc1. The molecule has 2 rings (SSSR count). The zero-order valence-corrected chi connectivity index (χ0v) is 15.6. The lowest BCUT2D eigenvalue weighted by Crippen LogP contribution is -2.25. The molecule has 0 aliphatic heterocycles. The Balaban J connectivity index is 2.31. The van der Waals surface area contributed by atoms with E-state index in [9.17, 15) is 4.39 Å². The van der Waals surface area contributed by atoms with Crippen LogP contribution in [-0.2, 0) is 6.54 Å². The maximum atomic E-state index is 13.0. The highest BCUT2D eigenvalue weighted by molar-refractivity contribution is 5.70. The third kappa shape index (κ3) is 4.67. The van der Waals surface area contributed by atoms with Gasteiger partial charge in [0.2, 0.25) is 0 Å². The van der Waals surface area contributed by atoms with Gasteiger partial charge in [0, 0.05) is 17.8 Å². The van der Waals surface area contributed by atoms with Crippen LogP contribution in [0.1, 0.15) is 36.5 Å². The molecule has 4 N–H and O–H groups in total. The topological polar surface area (TPSA) is 73.7 Å². The van der Waals surface area contributed by atoms with Crippen molar-refractivity contribution in [1.82, 2.24) is 5.01 Å². The molecule has 2 aromatic rings. The summed E-state index contributed by atoms with van der Waals surface area (Å²) in [5.41, 5.74) is 9.39. The summed E-state index contributed by atoms with van der Waals surface area (Å²) in [5.74, 6) is 7.38. The maximum absolute atomic E-state index is 13.0. The summed E-state index contributed by atoms with van der Waals surface area (Å²) in [7, 11) is 3.21. The first-order valence-electron chi connectivity index (χ1n) is 8.35. The normalized spacial score (nSPS) is 11.6. The summed E-state index contributed by atoms with van der Waals surface area (Å²) in [6.45, 7) is 4.56. The Hall–Kier alpha value is -2.73. The molecule has 0 radical (unpaired) electrons. The molecule has 0 aliphatic carbocycles. The minimum Gasteiger partial charge on any atom is -0.496 e. The van der Waals surface area contributed by atoms with Crippen molar-refractivity contribution in [3.63, 3.8) is 0 Å². The van der Waals surface area contributed by atoms with Gasteiger partial charge in [-0.15, -0.1) is 0 Å². The van der Waals surface area contributed by atoms with E-state index in [0.29, 0.717) is 18.0 Å². The standard InChI is InChI=1S/C20H26FN3O2/c1-13(2)16-9-17(20(26-4)10-19(16)25-3)18(22)12-24(23)11-14-5-7-15(21)8-6-14/h5-10,12-13H,11,22-23H2,1-4H3/b18-12-. The van der Waals surface area contributed by atoms with E-state index in [1.807, 2.05) is 12.1 Å². The lowest BCUT2D eigenvalue weighted by molar-refractivity contribution is 0.384. The van der Waals surface area contributed by atoms with E-state index >= 15 is 0 Å². The Morgan fingerprint density at radius 3 is 2.27 bits per heavy atom. The van der Waals surface area contributed by atoms with E-state index in [0.717, 1.165) is 22.4 Å². The molecule has 26 heavy (non-hydrogen) atoms. The molecule has 140 valence electrons. The van der Waals surface area contributed by atoms with Crippen molar-refractivity contribution in [2.45, 2.75) is 26.3 Å². The molecule has 0 aromatic heterocycles. The van der Waals surface area contributed by atoms with E-state index < -0.39 is 0 Å². The second-order valence-corrected chi connectivity index (χ2v) is 6.33. The van der Waals surface area contributed by atoms with Crippen molar-refractivity contribution in [1.29, 1.82) is 0 Å². The van der Waals surface area contributed by atoms with Crippen molar-refractivity contribution in [2.75, 3.05) is 14.2 Å². The monoisotopic (exact) mass is 359 g/mol. The van der Waals surface area contributed by atoms with Crippen molar-refractivity contribution in [2.24, 2.45) is 11.6 Å². The van der Waals surface area contributed by atoms with Gasteiger partial charge in [0.15, 0.2) is 0 Å². The lowest BCUT2D eigenvalue weighted by Gasteiger charge is -2.19. The van der Waals surface area contributed by atoms with Crippen LogP contribution in [0.3, 0.4) is 0 Å². The van der Waals surface area contributed by atoms with Crippen LogP contribution >= 0.6 is 0 Å². The first-order chi connectivity index (χ1) is 12.3. The second kappa shape index (κ2) is 8.58. The molecular formula is C20H26FN3O2. The Morgan fingerprint density at radius 2 is 1.73 bits per heavy atom. The van der Waals surface area contributed by atoms with E-state index in [4.69, 9.17) is 21.1 Å². The molecule has 6 heteroatoms. The fourth-order valence-electron chi connectivity index (χ4n) is 2.69. The summed E-state index contributed by atoms with van der Waals surface area (Å²) in [5, 5.41) is 1.46. The van der Waals surface area contributed by atoms with Crippen LogP contribution in [0.2, 0.25) is 0 Å². The Kier molecular flexibility index (Phi) is 6.46. The highest BCUT2D eigenvalue weighted by atomic mass is 19.1. The van der Waals surface area contributed by atoms with Gasteiger partial charge in [-0.2, -0.15) is 0 Å². The molecule has 0 saturated carbocycles. The third-order valence-electron chi connectivity index (χ3n) is 4.07.